The van der Waals surface area contributed by atoms with Crippen LogP contribution in [0.3, 0.4) is 0 Å². The van der Waals surface area contributed by atoms with Crippen LogP contribution >= 0.6 is 0 Å². The van der Waals surface area contributed by atoms with E-state index >= 15 is 0 Å². The molecule has 3 N–H and O–H groups in total. The molecule has 3 atom stereocenters. The Bertz CT molecular complexity index is 233. The number of rotatable bonds is 5. The molecule has 1 rings (SSSR count). The fraction of sp³-hybridized carbons (Fsp3) is 0.909. The number of aliphatic hydroxyl groups excluding tert-OH is 1. The van der Waals surface area contributed by atoms with E-state index in [0.717, 1.165) is 13.0 Å². The second-order valence-electron chi connectivity index (χ2n) is 4.85. The van der Waals surface area contributed by atoms with Gasteiger partial charge < -0.3 is 20.6 Å². The van der Waals surface area contributed by atoms with Crippen LogP contribution in [0.4, 0.5) is 0 Å². The van der Waals surface area contributed by atoms with Gasteiger partial charge in [0.2, 0.25) is 5.91 Å². The van der Waals surface area contributed by atoms with Crippen molar-refractivity contribution in [1.29, 1.82) is 0 Å². The summed E-state index contributed by atoms with van der Waals surface area (Å²) in [7, 11) is 4.03. The number of amides is 1. The van der Waals surface area contributed by atoms with Crippen molar-refractivity contribution in [2.45, 2.75) is 38.0 Å². The third-order valence-electron chi connectivity index (χ3n) is 2.82. The second kappa shape index (κ2) is 6.18. The van der Waals surface area contributed by atoms with Crippen LogP contribution in [0, 0.1) is 0 Å². The molecule has 0 aromatic carbocycles. The van der Waals surface area contributed by atoms with Crippen LogP contribution in [-0.2, 0) is 4.79 Å². The average molecular weight is 229 g/mol. The van der Waals surface area contributed by atoms with E-state index < -0.39 is 0 Å². The minimum Gasteiger partial charge on any atom is -0.392 e. The first-order chi connectivity index (χ1) is 7.49. The molecule has 0 aromatic rings. The Morgan fingerprint density at radius 1 is 1.62 bits per heavy atom. The van der Waals surface area contributed by atoms with Gasteiger partial charge in [0.05, 0.1) is 12.1 Å². The van der Waals surface area contributed by atoms with E-state index in [1.165, 1.54) is 0 Å². The van der Waals surface area contributed by atoms with Crippen LogP contribution < -0.4 is 10.6 Å². The summed E-state index contributed by atoms with van der Waals surface area (Å²) in [5.41, 5.74) is 0. The molecule has 16 heavy (non-hydrogen) atoms. The molecule has 3 unspecified atom stereocenters. The maximum atomic E-state index is 11.7. The van der Waals surface area contributed by atoms with Gasteiger partial charge in [0.15, 0.2) is 0 Å². The number of carbonyl (C=O) groups excluding carboxylic acids is 1. The van der Waals surface area contributed by atoms with Crippen molar-refractivity contribution in [1.82, 2.24) is 15.5 Å². The summed E-state index contributed by atoms with van der Waals surface area (Å²) in [5, 5.41) is 15.3. The van der Waals surface area contributed by atoms with Crippen molar-refractivity contribution < 1.29 is 9.90 Å². The van der Waals surface area contributed by atoms with Crippen molar-refractivity contribution in [2.24, 2.45) is 0 Å². The molecule has 94 valence electrons. The second-order valence-corrected chi connectivity index (χ2v) is 4.85. The first-order valence-electron chi connectivity index (χ1n) is 5.85. The van der Waals surface area contributed by atoms with Gasteiger partial charge in [-0.15, -0.1) is 0 Å². The van der Waals surface area contributed by atoms with Gasteiger partial charge in [-0.2, -0.15) is 0 Å². The molecule has 0 spiro atoms. The van der Waals surface area contributed by atoms with Crippen LogP contribution in [0.25, 0.3) is 0 Å². The zero-order valence-corrected chi connectivity index (χ0v) is 10.4. The Morgan fingerprint density at radius 3 is 2.81 bits per heavy atom. The van der Waals surface area contributed by atoms with Crippen molar-refractivity contribution in [3.05, 3.63) is 0 Å². The number of β-amino-alcohol motifs (C(OH)–C–C–N with tert-alkyl or cyclic N) is 1. The molecule has 1 fully saturated rings. The van der Waals surface area contributed by atoms with Crippen LogP contribution in [0.1, 0.15) is 19.8 Å². The molecule has 1 amide bonds. The van der Waals surface area contributed by atoms with Crippen molar-refractivity contribution >= 4 is 5.91 Å². The molecular weight excluding hydrogens is 206 g/mol. The topological polar surface area (TPSA) is 64.6 Å². The highest BCUT2D eigenvalue weighted by atomic mass is 16.3. The van der Waals surface area contributed by atoms with E-state index in [1.807, 2.05) is 21.0 Å². The van der Waals surface area contributed by atoms with Crippen molar-refractivity contribution in [3.63, 3.8) is 0 Å². The molecule has 5 heteroatoms. The first-order valence-corrected chi connectivity index (χ1v) is 5.85. The lowest BCUT2D eigenvalue weighted by Gasteiger charge is -2.19. The smallest absolute Gasteiger partial charge is 0.237 e. The summed E-state index contributed by atoms with van der Waals surface area (Å²) in [6.45, 7) is 3.49. The van der Waals surface area contributed by atoms with Gasteiger partial charge in [0, 0.05) is 12.6 Å². The van der Waals surface area contributed by atoms with Crippen LogP contribution in [-0.4, -0.2) is 61.3 Å². The van der Waals surface area contributed by atoms with Crippen LogP contribution in [0.2, 0.25) is 0 Å². The molecule has 5 nitrogen and oxygen atoms in total. The largest absolute Gasteiger partial charge is 0.392 e. The molecule has 1 heterocycles. The summed E-state index contributed by atoms with van der Waals surface area (Å²) in [4.78, 5) is 13.8. The number of nitrogens with one attached hydrogen (secondary N) is 2. The van der Waals surface area contributed by atoms with Crippen LogP contribution in [0.5, 0.6) is 0 Å². The van der Waals surface area contributed by atoms with E-state index in [2.05, 4.69) is 15.5 Å². The quantitative estimate of drug-likeness (QED) is 0.575. The van der Waals surface area contributed by atoms with Gasteiger partial charge in [-0.05, 0) is 40.4 Å². The number of nitrogens with zero attached hydrogens (tertiary/aromatic N) is 1. The van der Waals surface area contributed by atoms with Gasteiger partial charge in [0.1, 0.15) is 0 Å². The maximum absolute atomic E-state index is 11.7. The number of hydrogen-bond donors (Lipinski definition) is 3. The van der Waals surface area contributed by atoms with Gasteiger partial charge in [-0.1, -0.05) is 0 Å². The van der Waals surface area contributed by atoms with Gasteiger partial charge in [-0.3, -0.25) is 4.79 Å². The van der Waals surface area contributed by atoms with E-state index in [4.69, 9.17) is 0 Å². The fourth-order valence-electron chi connectivity index (χ4n) is 1.78. The number of carbonyl (C=O) groups is 1. The Hall–Kier alpha value is -0.650. The Labute approximate surface area is 97.2 Å². The number of hydrogen-bond acceptors (Lipinski definition) is 4. The summed E-state index contributed by atoms with van der Waals surface area (Å²) in [6, 6.07) is -0.0498. The monoisotopic (exact) mass is 229 g/mol. The SMILES string of the molecule is CC(CCN(C)C)NC(=O)C1CC(O)CN1. The third kappa shape index (κ3) is 4.47. The highest BCUT2D eigenvalue weighted by Gasteiger charge is 2.28. The standard InChI is InChI=1S/C11H23N3O2/c1-8(4-5-14(2)3)13-11(16)10-6-9(15)7-12-10/h8-10,12,15H,4-7H2,1-3H3,(H,13,16). The van der Waals surface area contributed by atoms with Gasteiger partial charge >= 0.3 is 0 Å². The number of aliphatic hydroxyl groups is 1. The lowest BCUT2D eigenvalue weighted by molar-refractivity contribution is -0.123. The summed E-state index contributed by atoms with van der Waals surface area (Å²) < 4.78 is 0. The average Bonchev–Trinajstić information content (AvgIpc) is 2.62. The highest BCUT2D eigenvalue weighted by molar-refractivity contribution is 5.82. The van der Waals surface area contributed by atoms with Gasteiger partial charge in [0.25, 0.3) is 0 Å². The summed E-state index contributed by atoms with van der Waals surface area (Å²) >= 11 is 0. The molecular formula is C11H23N3O2. The van der Waals surface area contributed by atoms with E-state index in [-0.39, 0.29) is 24.1 Å². The molecule has 1 aliphatic heterocycles. The molecule has 0 aromatic heterocycles. The van der Waals surface area contributed by atoms with Crippen molar-refractivity contribution in [3.8, 4) is 0 Å². The third-order valence-corrected chi connectivity index (χ3v) is 2.82. The minimum atomic E-state index is -0.382. The minimum absolute atomic E-state index is 0.00260. The Balaban J connectivity index is 2.23. The summed E-state index contributed by atoms with van der Waals surface area (Å²) in [6.07, 6.45) is 1.08. The highest BCUT2D eigenvalue weighted by Crippen LogP contribution is 2.06. The summed E-state index contributed by atoms with van der Waals surface area (Å²) in [5.74, 6) is 0.00260. The normalized spacial score (nSPS) is 27.1. The molecule has 0 bridgehead atoms. The maximum Gasteiger partial charge on any atom is 0.237 e. The van der Waals surface area contributed by atoms with Crippen molar-refractivity contribution in [2.75, 3.05) is 27.2 Å². The molecule has 0 saturated carbocycles. The Kier molecular flexibility index (Phi) is 5.18. The molecule has 1 saturated heterocycles. The molecule has 1 aliphatic rings. The van der Waals surface area contributed by atoms with Gasteiger partial charge in [-0.25, -0.2) is 0 Å². The lowest BCUT2D eigenvalue weighted by Crippen LogP contribution is -2.44. The predicted molar refractivity (Wildman–Crippen MR) is 63.2 cm³/mol. The van der Waals surface area contributed by atoms with E-state index in [9.17, 15) is 9.90 Å². The van der Waals surface area contributed by atoms with E-state index in [1.54, 1.807) is 0 Å². The zero-order chi connectivity index (χ0) is 12.1. The predicted octanol–water partition coefficient (Wildman–Crippen LogP) is -0.834. The fourth-order valence-corrected chi connectivity index (χ4v) is 1.78. The molecule has 0 radical (unpaired) electrons. The van der Waals surface area contributed by atoms with Crippen LogP contribution in [0.15, 0.2) is 0 Å². The first kappa shape index (κ1) is 13.4. The van der Waals surface area contributed by atoms with E-state index in [0.29, 0.717) is 13.0 Å². The molecule has 0 aliphatic carbocycles. The zero-order valence-electron chi connectivity index (χ0n) is 10.4. The Morgan fingerprint density at radius 2 is 2.31 bits per heavy atom. The lowest BCUT2D eigenvalue weighted by atomic mass is 10.1.